The molecule has 0 saturated carbocycles. The number of rotatable bonds is 2. The van der Waals surface area contributed by atoms with Crippen LogP contribution in [0.2, 0.25) is 5.02 Å². The lowest BCUT2D eigenvalue weighted by molar-refractivity contribution is 0.224. The fourth-order valence-corrected chi connectivity index (χ4v) is 2.75. The Morgan fingerprint density at radius 2 is 1.94 bits per heavy atom. The topological polar surface area (TPSA) is 20.2 Å². The molecule has 1 heterocycles. The van der Waals surface area contributed by atoms with Gasteiger partial charge in [-0.3, -0.25) is 0 Å². The Labute approximate surface area is 104 Å². The van der Waals surface area contributed by atoms with Crippen LogP contribution < -0.4 is 0 Å². The molecule has 0 fully saturated rings. The molecule has 1 atom stereocenters. The second-order valence-electron chi connectivity index (χ2n) is 3.83. The smallest absolute Gasteiger partial charge is 0.115 e. The van der Waals surface area contributed by atoms with E-state index in [4.69, 9.17) is 11.6 Å². The minimum atomic E-state index is -0.619. The summed E-state index contributed by atoms with van der Waals surface area (Å²) in [6, 6.07) is 9.68. The van der Waals surface area contributed by atoms with Gasteiger partial charge in [0.05, 0.1) is 0 Å². The average molecular weight is 253 g/mol. The molecule has 2 aromatic rings. The highest BCUT2D eigenvalue weighted by Gasteiger charge is 2.16. The van der Waals surface area contributed by atoms with E-state index >= 15 is 0 Å². The molecule has 0 amide bonds. The summed E-state index contributed by atoms with van der Waals surface area (Å²) in [5, 5.41) is 10.9. The molecule has 0 aliphatic rings. The maximum atomic E-state index is 10.2. The Balaban J connectivity index is 2.41. The first-order valence-corrected chi connectivity index (χ1v) is 6.28. The predicted octanol–water partition coefficient (Wildman–Crippen LogP) is 4.10. The van der Waals surface area contributed by atoms with Gasteiger partial charge < -0.3 is 5.11 Å². The quantitative estimate of drug-likeness (QED) is 0.853. The van der Waals surface area contributed by atoms with Crippen molar-refractivity contribution in [2.75, 3.05) is 0 Å². The zero-order valence-corrected chi connectivity index (χ0v) is 10.8. The SMILES string of the molecule is Cc1ccc(C(O)c2cccc(C)c2Cl)s1. The molecule has 0 saturated heterocycles. The van der Waals surface area contributed by atoms with E-state index in [9.17, 15) is 5.11 Å². The molecule has 0 bridgehead atoms. The summed E-state index contributed by atoms with van der Waals surface area (Å²) < 4.78 is 0. The molecule has 0 radical (unpaired) electrons. The fourth-order valence-electron chi connectivity index (χ4n) is 1.63. The first-order chi connectivity index (χ1) is 7.59. The van der Waals surface area contributed by atoms with Gasteiger partial charge in [-0.2, -0.15) is 0 Å². The molecule has 2 rings (SSSR count). The highest BCUT2D eigenvalue weighted by atomic mass is 35.5. The van der Waals surface area contributed by atoms with Crippen LogP contribution in [0.15, 0.2) is 30.3 Å². The molecule has 0 spiro atoms. The number of thiophene rings is 1. The van der Waals surface area contributed by atoms with Crippen LogP contribution in [0.1, 0.15) is 27.0 Å². The van der Waals surface area contributed by atoms with Crippen LogP contribution in [0.5, 0.6) is 0 Å². The Morgan fingerprint density at radius 3 is 2.56 bits per heavy atom. The highest BCUT2D eigenvalue weighted by Crippen LogP contribution is 2.33. The van der Waals surface area contributed by atoms with Gasteiger partial charge in [0.15, 0.2) is 0 Å². The van der Waals surface area contributed by atoms with Crippen molar-refractivity contribution < 1.29 is 5.11 Å². The molecule has 3 heteroatoms. The molecule has 0 aliphatic carbocycles. The summed E-state index contributed by atoms with van der Waals surface area (Å²) in [6.07, 6.45) is -0.619. The molecule has 84 valence electrons. The van der Waals surface area contributed by atoms with Crippen molar-refractivity contribution in [3.05, 3.63) is 56.2 Å². The summed E-state index contributed by atoms with van der Waals surface area (Å²) in [5.74, 6) is 0. The van der Waals surface area contributed by atoms with Crippen molar-refractivity contribution in [1.82, 2.24) is 0 Å². The maximum Gasteiger partial charge on any atom is 0.115 e. The van der Waals surface area contributed by atoms with Gasteiger partial charge in [0.1, 0.15) is 6.10 Å². The van der Waals surface area contributed by atoms with Gasteiger partial charge in [0.2, 0.25) is 0 Å². The zero-order valence-electron chi connectivity index (χ0n) is 9.20. The van der Waals surface area contributed by atoms with Crippen molar-refractivity contribution in [3.63, 3.8) is 0 Å². The van der Waals surface area contributed by atoms with Gasteiger partial charge in [-0.15, -0.1) is 11.3 Å². The maximum absolute atomic E-state index is 10.2. The van der Waals surface area contributed by atoms with Crippen molar-refractivity contribution in [2.24, 2.45) is 0 Å². The first kappa shape index (κ1) is 11.6. The molecule has 0 aliphatic heterocycles. The van der Waals surface area contributed by atoms with E-state index in [0.717, 1.165) is 16.0 Å². The van der Waals surface area contributed by atoms with Gasteiger partial charge in [0.25, 0.3) is 0 Å². The monoisotopic (exact) mass is 252 g/mol. The van der Waals surface area contributed by atoms with E-state index in [1.165, 1.54) is 4.88 Å². The van der Waals surface area contributed by atoms with Crippen molar-refractivity contribution in [2.45, 2.75) is 20.0 Å². The van der Waals surface area contributed by atoms with Crippen LogP contribution in [0, 0.1) is 13.8 Å². The fraction of sp³-hybridized carbons (Fsp3) is 0.231. The van der Waals surface area contributed by atoms with E-state index < -0.39 is 6.10 Å². The average Bonchev–Trinajstić information content (AvgIpc) is 2.68. The van der Waals surface area contributed by atoms with Crippen LogP contribution in [0.3, 0.4) is 0 Å². The first-order valence-electron chi connectivity index (χ1n) is 5.09. The number of hydrogen-bond acceptors (Lipinski definition) is 2. The Bertz CT molecular complexity index is 504. The zero-order chi connectivity index (χ0) is 11.7. The normalized spacial score (nSPS) is 12.8. The van der Waals surface area contributed by atoms with Gasteiger partial charge in [-0.1, -0.05) is 29.8 Å². The summed E-state index contributed by atoms with van der Waals surface area (Å²) in [5.41, 5.74) is 1.77. The molecular formula is C13H13ClOS. The molecule has 16 heavy (non-hydrogen) atoms. The van der Waals surface area contributed by atoms with E-state index in [0.29, 0.717) is 5.02 Å². The predicted molar refractivity (Wildman–Crippen MR) is 69.3 cm³/mol. The molecular weight excluding hydrogens is 240 g/mol. The van der Waals surface area contributed by atoms with E-state index in [2.05, 4.69) is 0 Å². The van der Waals surface area contributed by atoms with Crippen LogP contribution in [0.4, 0.5) is 0 Å². The minimum absolute atomic E-state index is 0.619. The Hall–Kier alpha value is -0.830. The number of aryl methyl sites for hydroxylation is 2. The van der Waals surface area contributed by atoms with Crippen LogP contribution in [-0.2, 0) is 0 Å². The second kappa shape index (κ2) is 4.58. The number of benzene rings is 1. The summed E-state index contributed by atoms with van der Waals surface area (Å²) in [4.78, 5) is 2.13. The summed E-state index contributed by atoms with van der Waals surface area (Å²) >= 11 is 7.79. The van der Waals surface area contributed by atoms with Crippen molar-refractivity contribution in [1.29, 1.82) is 0 Å². The Morgan fingerprint density at radius 1 is 1.19 bits per heavy atom. The second-order valence-corrected chi connectivity index (χ2v) is 5.53. The van der Waals surface area contributed by atoms with Crippen molar-refractivity contribution in [3.8, 4) is 0 Å². The van der Waals surface area contributed by atoms with Gasteiger partial charge in [-0.05, 0) is 31.5 Å². The lowest BCUT2D eigenvalue weighted by Gasteiger charge is -2.12. The lowest BCUT2D eigenvalue weighted by Crippen LogP contribution is -1.98. The lowest BCUT2D eigenvalue weighted by atomic mass is 10.1. The van der Waals surface area contributed by atoms with Crippen molar-refractivity contribution >= 4 is 22.9 Å². The third-order valence-corrected chi connectivity index (χ3v) is 4.12. The molecule has 1 unspecified atom stereocenters. The number of halogens is 1. The Kier molecular flexibility index (Phi) is 3.33. The van der Waals surface area contributed by atoms with Gasteiger partial charge in [-0.25, -0.2) is 0 Å². The van der Waals surface area contributed by atoms with Crippen LogP contribution in [-0.4, -0.2) is 5.11 Å². The number of hydrogen-bond donors (Lipinski definition) is 1. The number of aliphatic hydroxyl groups is 1. The molecule has 1 nitrogen and oxygen atoms in total. The van der Waals surface area contributed by atoms with E-state index in [-0.39, 0.29) is 0 Å². The van der Waals surface area contributed by atoms with E-state index in [1.807, 2.05) is 44.2 Å². The van der Waals surface area contributed by atoms with Crippen LogP contribution in [0.25, 0.3) is 0 Å². The highest BCUT2D eigenvalue weighted by molar-refractivity contribution is 7.12. The standard InChI is InChI=1S/C13H13ClOS/c1-8-4-3-5-10(12(8)14)13(15)11-7-6-9(2)16-11/h3-7,13,15H,1-2H3. The minimum Gasteiger partial charge on any atom is -0.383 e. The number of aliphatic hydroxyl groups excluding tert-OH is 1. The third-order valence-electron chi connectivity index (χ3n) is 2.55. The van der Waals surface area contributed by atoms with Crippen LogP contribution >= 0.6 is 22.9 Å². The molecule has 1 aromatic heterocycles. The van der Waals surface area contributed by atoms with E-state index in [1.54, 1.807) is 11.3 Å². The molecule has 1 N–H and O–H groups in total. The summed E-state index contributed by atoms with van der Waals surface area (Å²) in [6.45, 7) is 3.97. The molecule has 1 aromatic carbocycles. The summed E-state index contributed by atoms with van der Waals surface area (Å²) in [7, 11) is 0. The van der Waals surface area contributed by atoms with Gasteiger partial charge in [0, 0.05) is 20.3 Å². The third kappa shape index (κ3) is 2.14. The van der Waals surface area contributed by atoms with Gasteiger partial charge >= 0.3 is 0 Å². The largest absolute Gasteiger partial charge is 0.383 e.